The smallest absolute Gasteiger partial charge is 0.251 e. The van der Waals surface area contributed by atoms with Crippen molar-refractivity contribution in [2.45, 2.75) is 26.2 Å². The molecule has 1 aliphatic rings. The van der Waals surface area contributed by atoms with E-state index in [0.717, 1.165) is 59.6 Å². The Labute approximate surface area is 228 Å². The molecule has 0 spiro atoms. The maximum atomic E-state index is 12.5. The first-order valence-electron chi connectivity index (χ1n) is 12.8. The fraction of sp³-hybridized carbons (Fsp3) is 0.310. The number of hydrogen-bond donors (Lipinski definition) is 2. The van der Waals surface area contributed by atoms with Crippen LogP contribution in [0.1, 0.15) is 33.6 Å². The number of rotatable bonds is 8. The largest absolute Gasteiger partial charge is 0.352 e. The van der Waals surface area contributed by atoms with E-state index in [-0.39, 0.29) is 5.91 Å². The van der Waals surface area contributed by atoms with Gasteiger partial charge in [-0.05, 0) is 76.2 Å². The van der Waals surface area contributed by atoms with Crippen molar-refractivity contribution in [3.8, 4) is 22.5 Å². The molecule has 4 aromatic rings. The van der Waals surface area contributed by atoms with Gasteiger partial charge in [0.15, 0.2) is 0 Å². The lowest BCUT2D eigenvalue weighted by Crippen LogP contribution is -2.27. The van der Waals surface area contributed by atoms with Gasteiger partial charge in [-0.25, -0.2) is 9.97 Å². The Morgan fingerprint density at radius 2 is 1.97 bits per heavy atom. The van der Waals surface area contributed by atoms with E-state index < -0.39 is 0 Å². The first kappa shape index (κ1) is 25.9. The van der Waals surface area contributed by atoms with Crippen LogP contribution < -0.4 is 10.6 Å². The van der Waals surface area contributed by atoms with Crippen LogP contribution in [-0.4, -0.2) is 57.7 Å². The van der Waals surface area contributed by atoms with Crippen LogP contribution in [0.2, 0.25) is 5.02 Å². The summed E-state index contributed by atoms with van der Waals surface area (Å²) in [4.78, 5) is 24.1. The average Bonchev–Trinajstić information content (AvgIpc) is 3.24. The summed E-state index contributed by atoms with van der Waals surface area (Å²) >= 11 is 6.56. The fourth-order valence-corrected chi connectivity index (χ4v) is 5.08. The minimum Gasteiger partial charge on any atom is -0.352 e. The van der Waals surface area contributed by atoms with Crippen LogP contribution >= 0.6 is 11.6 Å². The van der Waals surface area contributed by atoms with Gasteiger partial charge in [0.1, 0.15) is 0 Å². The maximum absolute atomic E-state index is 12.5. The number of benzene rings is 2. The predicted molar refractivity (Wildman–Crippen MR) is 152 cm³/mol. The van der Waals surface area contributed by atoms with Crippen LogP contribution in [0.25, 0.3) is 22.5 Å². The van der Waals surface area contributed by atoms with E-state index in [4.69, 9.17) is 21.7 Å². The third-order valence-corrected chi connectivity index (χ3v) is 7.11. The van der Waals surface area contributed by atoms with Crippen molar-refractivity contribution >= 4 is 29.1 Å². The number of aromatic nitrogens is 4. The molecular weight excluding hydrogens is 498 g/mol. The summed E-state index contributed by atoms with van der Waals surface area (Å²) in [6, 6.07) is 13.5. The number of amides is 1. The van der Waals surface area contributed by atoms with E-state index in [0.29, 0.717) is 28.8 Å². The minimum atomic E-state index is -0.143. The molecule has 0 fully saturated rings. The molecule has 0 saturated carbocycles. The van der Waals surface area contributed by atoms with Gasteiger partial charge >= 0.3 is 0 Å². The lowest BCUT2D eigenvalue weighted by molar-refractivity contribution is 0.0952. The molecule has 196 valence electrons. The van der Waals surface area contributed by atoms with E-state index in [1.54, 1.807) is 18.2 Å². The highest BCUT2D eigenvalue weighted by atomic mass is 35.5. The molecular formula is C29H32ClN7O. The van der Waals surface area contributed by atoms with Crippen LogP contribution in [0.4, 0.5) is 11.6 Å². The number of halogens is 1. The van der Waals surface area contributed by atoms with Gasteiger partial charge in [0, 0.05) is 36.5 Å². The Kier molecular flexibility index (Phi) is 7.44. The van der Waals surface area contributed by atoms with Gasteiger partial charge < -0.3 is 15.5 Å². The van der Waals surface area contributed by atoms with Gasteiger partial charge in [-0.1, -0.05) is 35.9 Å². The van der Waals surface area contributed by atoms with Crippen molar-refractivity contribution in [1.82, 2.24) is 30.0 Å². The number of hydrogen-bond acceptors (Lipinski definition) is 6. The molecule has 38 heavy (non-hydrogen) atoms. The van der Waals surface area contributed by atoms with Crippen molar-refractivity contribution in [3.05, 3.63) is 76.1 Å². The number of nitrogens with zero attached hydrogens (tertiary/aromatic N) is 5. The molecule has 2 aromatic heterocycles. The molecule has 0 saturated heterocycles. The van der Waals surface area contributed by atoms with Crippen LogP contribution in [0.5, 0.6) is 0 Å². The Hall–Kier alpha value is -3.75. The van der Waals surface area contributed by atoms with E-state index >= 15 is 0 Å². The summed E-state index contributed by atoms with van der Waals surface area (Å²) in [5, 5.41) is 11.4. The average molecular weight is 530 g/mol. The zero-order valence-electron chi connectivity index (χ0n) is 22.2. The van der Waals surface area contributed by atoms with Gasteiger partial charge in [-0.2, -0.15) is 5.10 Å². The van der Waals surface area contributed by atoms with Crippen LogP contribution in [0.15, 0.2) is 48.7 Å². The second-order valence-electron chi connectivity index (χ2n) is 9.91. The van der Waals surface area contributed by atoms with Gasteiger partial charge in [0.25, 0.3) is 5.91 Å². The quantitative estimate of drug-likeness (QED) is 0.311. The second kappa shape index (κ2) is 10.9. The predicted octanol–water partition coefficient (Wildman–Crippen LogP) is 5.03. The third kappa shape index (κ3) is 5.28. The van der Waals surface area contributed by atoms with Crippen molar-refractivity contribution < 1.29 is 4.79 Å². The summed E-state index contributed by atoms with van der Waals surface area (Å²) in [5.41, 5.74) is 8.62. The van der Waals surface area contributed by atoms with Crippen molar-refractivity contribution in [2.75, 3.05) is 32.5 Å². The summed E-state index contributed by atoms with van der Waals surface area (Å²) in [5.74, 6) is 0.300. The maximum Gasteiger partial charge on any atom is 0.251 e. The van der Waals surface area contributed by atoms with Crippen molar-refractivity contribution in [1.29, 1.82) is 0 Å². The summed E-state index contributed by atoms with van der Waals surface area (Å²) < 4.78 is 1.96. The molecule has 0 unspecified atom stereocenters. The molecule has 2 aromatic carbocycles. The van der Waals surface area contributed by atoms with Crippen LogP contribution in [0, 0.1) is 6.92 Å². The Morgan fingerprint density at radius 3 is 2.74 bits per heavy atom. The third-order valence-electron chi connectivity index (χ3n) is 6.80. The van der Waals surface area contributed by atoms with Gasteiger partial charge in [-0.15, -0.1) is 0 Å². The molecule has 2 N–H and O–H groups in total. The van der Waals surface area contributed by atoms with E-state index in [1.807, 2.05) is 44.2 Å². The molecule has 0 atom stereocenters. The summed E-state index contributed by atoms with van der Waals surface area (Å²) in [7, 11) is 6.01. The number of nitrogens with one attached hydrogen (secondary N) is 2. The number of fused-ring (bicyclic) bond motifs is 3. The lowest BCUT2D eigenvalue weighted by atomic mass is 9.90. The number of anilines is 2. The normalized spacial score (nSPS) is 12.3. The molecule has 0 aliphatic heterocycles. The SMILES string of the molecule is Cc1ccccc1-c1c2c(nn1C)CCc1cnc(Nc3ccc(C(=O)NCCCN(C)C)cc3Cl)nc1-2. The Bertz CT molecular complexity index is 1490. The molecule has 5 rings (SSSR count). The number of carbonyl (C=O) groups excluding carboxylic acids is 1. The first-order chi connectivity index (χ1) is 18.3. The van der Waals surface area contributed by atoms with Crippen molar-refractivity contribution in [3.63, 3.8) is 0 Å². The number of aryl methyl sites for hydroxylation is 4. The minimum absolute atomic E-state index is 0.143. The van der Waals surface area contributed by atoms with Crippen molar-refractivity contribution in [2.24, 2.45) is 7.05 Å². The summed E-state index contributed by atoms with van der Waals surface area (Å²) in [6.45, 7) is 3.64. The molecule has 8 nitrogen and oxygen atoms in total. The molecule has 1 aliphatic carbocycles. The van der Waals surface area contributed by atoms with E-state index in [9.17, 15) is 4.79 Å². The van der Waals surface area contributed by atoms with E-state index in [1.165, 1.54) is 5.56 Å². The molecule has 1 amide bonds. The fourth-order valence-electron chi connectivity index (χ4n) is 4.85. The second-order valence-corrected chi connectivity index (χ2v) is 10.3. The lowest BCUT2D eigenvalue weighted by Gasteiger charge is -2.18. The Morgan fingerprint density at radius 1 is 1.16 bits per heavy atom. The highest BCUT2D eigenvalue weighted by Gasteiger charge is 2.27. The zero-order chi connectivity index (χ0) is 26.8. The number of carbonyl (C=O) groups is 1. The summed E-state index contributed by atoms with van der Waals surface area (Å²) in [6.07, 6.45) is 4.45. The Balaban J connectivity index is 1.40. The first-order valence-corrected chi connectivity index (χ1v) is 13.2. The van der Waals surface area contributed by atoms with Crippen LogP contribution in [-0.2, 0) is 19.9 Å². The standard InChI is InChI=1S/C29H32ClN7O/c1-18-8-5-6-9-21(18)27-25-24(35-37(27)4)13-11-20-17-32-29(34-26(20)25)33-23-12-10-19(16-22(23)30)28(38)31-14-7-15-36(2)3/h5-6,8-10,12,16-17H,7,11,13-15H2,1-4H3,(H,31,38)(H,32,33,34). The van der Waals surface area contributed by atoms with Crippen LogP contribution in [0.3, 0.4) is 0 Å². The zero-order valence-corrected chi connectivity index (χ0v) is 22.9. The molecule has 0 bridgehead atoms. The van der Waals surface area contributed by atoms with Gasteiger partial charge in [0.2, 0.25) is 5.95 Å². The molecule has 9 heteroatoms. The highest BCUT2D eigenvalue weighted by Crippen LogP contribution is 2.40. The van der Waals surface area contributed by atoms with Gasteiger partial charge in [-0.3, -0.25) is 9.48 Å². The van der Waals surface area contributed by atoms with Gasteiger partial charge in [0.05, 0.1) is 27.8 Å². The van der Waals surface area contributed by atoms with E-state index in [2.05, 4.69) is 39.6 Å². The monoisotopic (exact) mass is 529 g/mol. The highest BCUT2D eigenvalue weighted by molar-refractivity contribution is 6.33. The molecule has 0 radical (unpaired) electrons. The topological polar surface area (TPSA) is 88.0 Å². The molecule has 2 heterocycles.